The minimum atomic E-state index is -0.322. The van der Waals surface area contributed by atoms with Gasteiger partial charge in [-0.15, -0.1) is 0 Å². The van der Waals surface area contributed by atoms with Crippen molar-refractivity contribution in [3.63, 3.8) is 0 Å². The standard InChI is InChI=1S/C43H49N3O/c1-40(2,3)28-19-20-34-31(25-28)32-26-33(42(7,8)9)38(45-39(32)46(34)35-16-12-13-17-36(35)47)27-22-29(41(4,5)6)24-30(23-27)43(10,11)37-18-14-15-21-44-37/h12-26,47H,1-11H3. The minimum Gasteiger partial charge on any atom is -0.506 e. The van der Waals surface area contributed by atoms with Gasteiger partial charge in [-0.1, -0.05) is 106 Å². The molecule has 4 heteroatoms. The molecule has 6 rings (SSSR count). The van der Waals surface area contributed by atoms with Crippen molar-refractivity contribution >= 4 is 21.9 Å². The monoisotopic (exact) mass is 623 g/mol. The molecule has 0 aliphatic carbocycles. The first-order valence-electron chi connectivity index (χ1n) is 16.7. The number of phenols is 1. The van der Waals surface area contributed by atoms with Gasteiger partial charge in [0.1, 0.15) is 11.4 Å². The summed E-state index contributed by atoms with van der Waals surface area (Å²) in [5, 5.41) is 13.4. The van der Waals surface area contributed by atoms with Gasteiger partial charge in [0.25, 0.3) is 0 Å². The number of pyridine rings is 2. The lowest BCUT2D eigenvalue weighted by Gasteiger charge is -2.30. The minimum absolute atomic E-state index is 0.0120. The Hall–Kier alpha value is -4.44. The summed E-state index contributed by atoms with van der Waals surface area (Å²) in [6.07, 6.45) is 1.88. The molecule has 0 atom stereocenters. The Morgan fingerprint density at radius 2 is 1.26 bits per heavy atom. The van der Waals surface area contributed by atoms with Gasteiger partial charge in [-0.25, -0.2) is 4.98 Å². The molecule has 0 aliphatic heterocycles. The quantitative estimate of drug-likeness (QED) is 0.213. The van der Waals surface area contributed by atoms with Gasteiger partial charge in [0.2, 0.25) is 0 Å². The maximum atomic E-state index is 11.2. The molecule has 1 N–H and O–H groups in total. The predicted molar refractivity (Wildman–Crippen MR) is 198 cm³/mol. The molecular weight excluding hydrogens is 574 g/mol. The van der Waals surface area contributed by atoms with E-state index in [1.54, 1.807) is 6.07 Å². The Morgan fingerprint density at radius 1 is 0.596 bits per heavy atom. The third-order valence-corrected chi connectivity index (χ3v) is 9.64. The van der Waals surface area contributed by atoms with Crippen LogP contribution >= 0.6 is 0 Å². The molecule has 0 saturated heterocycles. The van der Waals surface area contributed by atoms with E-state index in [9.17, 15) is 5.11 Å². The van der Waals surface area contributed by atoms with Gasteiger partial charge < -0.3 is 5.11 Å². The zero-order valence-corrected chi connectivity index (χ0v) is 29.9. The summed E-state index contributed by atoms with van der Waals surface area (Å²) in [5.41, 5.74) is 9.99. The van der Waals surface area contributed by atoms with Crippen molar-refractivity contribution in [2.45, 2.75) is 97.8 Å². The Balaban J connectivity index is 1.74. The molecule has 47 heavy (non-hydrogen) atoms. The number of hydrogen-bond donors (Lipinski definition) is 1. The molecule has 6 aromatic rings. The summed E-state index contributed by atoms with van der Waals surface area (Å²) >= 11 is 0. The summed E-state index contributed by atoms with van der Waals surface area (Å²) in [5.74, 6) is 0.226. The number of aromatic nitrogens is 3. The van der Waals surface area contributed by atoms with Gasteiger partial charge in [-0.05, 0) is 93.1 Å². The van der Waals surface area contributed by atoms with Crippen LogP contribution in [-0.4, -0.2) is 19.6 Å². The molecule has 0 unspecified atom stereocenters. The maximum Gasteiger partial charge on any atom is 0.146 e. The fourth-order valence-electron chi connectivity index (χ4n) is 6.53. The summed E-state index contributed by atoms with van der Waals surface area (Å²) in [4.78, 5) is 10.4. The number of benzene rings is 3. The van der Waals surface area contributed by atoms with Crippen LogP contribution < -0.4 is 0 Å². The molecule has 0 spiro atoms. The summed E-state index contributed by atoms with van der Waals surface area (Å²) < 4.78 is 2.13. The second kappa shape index (κ2) is 11.1. The zero-order valence-electron chi connectivity index (χ0n) is 29.9. The smallest absolute Gasteiger partial charge is 0.146 e. The SMILES string of the molecule is CC(C)(C)c1cc(-c2nc3c(cc2C(C)(C)C)c2cc(C(C)(C)C)ccc2n3-c2ccccc2O)cc(C(C)(C)c2ccccn2)c1. The van der Waals surface area contributed by atoms with E-state index in [-0.39, 0.29) is 27.4 Å². The summed E-state index contributed by atoms with van der Waals surface area (Å²) in [6, 6.07) is 29.8. The number of fused-ring (bicyclic) bond motifs is 3. The van der Waals surface area contributed by atoms with Crippen LogP contribution in [0.25, 0.3) is 38.9 Å². The molecular formula is C43H49N3O. The van der Waals surface area contributed by atoms with Crippen molar-refractivity contribution < 1.29 is 5.11 Å². The molecule has 3 heterocycles. The molecule has 0 saturated carbocycles. The zero-order chi connectivity index (χ0) is 34.1. The van der Waals surface area contributed by atoms with E-state index in [1.165, 1.54) is 22.3 Å². The third-order valence-electron chi connectivity index (χ3n) is 9.64. The molecule has 3 aromatic heterocycles. The molecule has 0 fully saturated rings. The molecule has 0 radical (unpaired) electrons. The van der Waals surface area contributed by atoms with Crippen LogP contribution in [0.3, 0.4) is 0 Å². The fraction of sp³-hybridized carbons (Fsp3) is 0.349. The first-order chi connectivity index (χ1) is 21.9. The molecule has 4 nitrogen and oxygen atoms in total. The lowest BCUT2D eigenvalue weighted by atomic mass is 9.75. The lowest BCUT2D eigenvalue weighted by Crippen LogP contribution is -2.22. The van der Waals surface area contributed by atoms with Gasteiger partial charge in [-0.2, -0.15) is 0 Å². The van der Waals surface area contributed by atoms with E-state index in [0.717, 1.165) is 44.6 Å². The normalized spacial score (nSPS) is 13.1. The van der Waals surface area contributed by atoms with Crippen LogP contribution in [0.1, 0.15) is 104 Å². The Labute approximate surface area is 280 Å². The van der Waals surface area contributed by atoms with Crippen molar-refractivity contribution in [1.29, 1.82) is 0 Å². The molecule has 3 aromatic carbocycles. The van der Waals surface area contributed by atoms with E-state index in [1.807, 2.05) is 30.5 Å². The highest BCUT2D eigenvalue weighted by Crippen LogP contribution is 2.43. The van der Waals surface area contributed by atoms with E-state index in [2.05, 4.69) is 135 Å². The highest BCUT2D eigenvalue weighted by Gasteiger charge is 2.30. The predicted octanol–water partition coefficient (Wildman–Crippen LogP) is 11.2. The first-order valence-corrected chi connectivity index (χ1v) is 16.7. The molecule has 0 bridgehead atoms. The summed E-state index contributed by atoms with van der Waals surface area (Å²) in [7, 11) is 0. The Kier molecular flexibility index (Phi) is 7.66. The molecule has 0 amide bonds. The maximum absolute atomic E-state index is 11.2. The second-order valence-corrected chi connectivity index (χ2v) is 16.7. The number of nitrogens with zero attached hydrogens (tertiary/aromatic N) is 3. The van der Waals surface area contributed by atoms with Gasteiger partial charge in [0.15, 0.2) is 0 Å². The van der Waals surface area contributed by atoms with Gasteiger partial charge in [0, 0.05) is 27.9 Å². The van der Waals surface area contributed by atoms with Crippen LogP contribution in [0.2, 0.25) is 0 Å². The number of hydrogen-bond acceptors (Lipinski definition) is 3. The van der Waals surface area contributed by atoms with E-state index < -0.39 is 0 Å². The van der Waals surface area contributed by atoms with E-state index in [4.69, 9.17) is 9.97 Å². The average Bonchev–Trinajstić information content (AvgIpc) is 3.32. The third kappa shape index (κ3) is 5.84. The summed E-state index contributed by atoms with van der Waals surface area (Å²) in [6.45, 7) is 24.9. The van der Waals surface area contributed by atoms with Crippen LogP contribution in [-0.2, 0) is 21.7 Å². The van der Waals surface area contributed by atoms with Crippen LogP contribution in [0.15, 0.2) is 91.1 Å². The highest BCUT2D eigenvalue weighted by molar-refractivity contribution is 6.09. The van der Waals surface area contributed by atoms with E-state index >= 15 is 0 Å². The van der Waals surface area contributed by atoms with Crippen molar-refractivity contribution in [1.82, 2.24) is 14.5 Å². The Morgan fingerprint density at radius 3 is 1.87 bits per heavy atom. The van der Waals surface area contributed by atoms with E-state index in [0.29, 0.717) is 0 Å². The first kappa shape index (κ1) is 32.5. The van der Waals surface area contributed by atoms with Gasteiger partial charge in [0.05, 0.1) is 22.6 Å². The molecule has 0 aliphatic rings. The topological polar surface area (TPSA) is 50.9 Å². The van der Waals surface area contributed by atoms with Crippen molar-refractivity contribution in [2.75, 3.05) is 0 Å². The number of aromatic hydroxyl groups is 1. The number of rotatable bonds is 4. The van der Waals surface area contributed by atoms with Crippen LogP contribution in [0, 0.1) is 0 Å². The van der Waals surface area contributed by atoms with Gasteiger partial charge >= 0.3 is 0 Å². The Bertz CT molecular complexity index is 2110. The number of phenolic OH excluding ortho intramolecular Hbond substituents is 1. The molecule has 242 valence electrons. The van der Waals surface area contributed by atoms with Crippen LogP contribution in [0.4, 0.5) is 0 Å². The largest absolute Gasteiger partial charge is 0.506 e. The second-order valence-electron chi connectivity index (χ2n) is 16.7. The fourth-order valence-corrected chi connectivity index (χ4v) is 6.53. The van der Waals surface area contributed by atoms with Crippen LogP contribution in [0.5, 0.6) is 5.75 Å². The van der Waals surface area contributed by atoms with Crippen molar-refractivity contribution in [2.24, 2.45) is 0 Å². The van der Waals surface area contributed by atoms with Gasteiger partial charge in [-0.3, -0.25) is 9.55 Å². The highest BCUT2D eigenvalue weighted by atomic mass is 16.3. The van der Waals surface area contributed by atoms with Crippen molar-refractivity contribution in [3.05, 3.63) is 119 Å². The lowest BCUT2D eigenvalue weighted by molar-refractivity contribution is 0.473. The number of para-hydroxylation sites is 2. The van der Waals surface area contributed by atoms with Crippen molar-refractivity contribution in [3.8, 4) is 22.7 Å². The average molecular weight is 624 g/mol.